The molecule has 1 fully saturated rings. The molecule has 2 rings (SSSR count). The highest BCUT2D eigenvalue weighted by Crippen LogP contribution is 2.26. The Bertz CT molecular complexity index is 490. The molecule has 0 aliphatic carbocycles. The van der Waals surface area contributed by atoms with Crippen LogP contribution in [-0.4, -0.2) is 26.0 Å². The summed E-state index contributed by atoms with van der Waals surface area (Å²) in [5.41, 5.74) is 5.53. The Balaban J connectivity index is 2.21. The number of hydrogen-bond donors (Lipinski definition) is 2. The minimum Gasteiger partial charge on any atom is -0.326 e. The number of sulfonamides is 1. The molecule has 0 saturated carbocycles. The average molecular weight is 292 g/mol. The second-order valence-corrected chi connectivity index (χ2v) is 8.19. The van der Waals surface area contributed by atoms with Crippen LogP contribution in [0.3, 0.4) is 0 Å². The number of thioether (sulfide) groups is 1. The van der Waals surface area contributed by atoms with Gasteiger partial charge in [0.2, 0.25) is 10.0 Å². The highest BCUT2D eigenvalue weighted by atomic mass is 32.2. The maximum absolute atomic E-state index is 12.2. The van der Waals surface area contributed by atoms with Crippen molar-refractivity contribution in [3.05, 3.63) is 15.8 Å². The van der Waals surface area contributed by atoms with Gasteiger partial charge in [-0.15, -0.1) is 11.3 Å². The van der Waals surface area contributed by atoms with Gasteiger partial charge in [0.15, 0.2) is 0 Å². The van der Waals surface area contributed by atoms with Gasteiger partial charge in [-0.1, -0.05) is 0 Å². The van der Waals surface area contributed by atoms with Crippen LogP contribution in [0.1, 0.15) is 16.2 Å². The molecule has 1 aliphatic rings. The minimum absolute atomic E-state index is 0.0747. The molecule has 1 aliphatic heterocycles. The van der Waals surface area contributed by atoms with Gasteiger partial charge in [-0.3, -0.25) is 0 Å². The molecular weight excluding hydrogens is 276 g/mol. The molecule has 4 nitrogen and oxygen atoms in total. The molecule has 1 atom stereocenters. The molecule has 0 amide bonds. The Morgan fingerprint density at radius 2 is 2.35 bits per heavy atom. The van der Waals surface area contributed by atoms with E-state index in [4.69, 9.17) is 5.73 Å². The first-order chi connectivity index (χ1) is 8.03. The van der Waals surface area contributed by atoms with Gasteiger partial charge >= 0.3 is 0 Å². The summed E-state index contributed by atoms with van der Waals surface area (Å²) in [6.45, 7) is 2.21. The van der Waals surface area contributed by atoms with Crippen LogP contribution in [0.15, 0.2) is 11.0 Å². The lowest BCUT2D eigenvalue weighted by molar-refractivity contribution is 0.563. The molecule has 17 heavy (non-hydrogen) atoms. The van der Waals surface area contributed by atoms with Crippen molar-refractivity contribution in [2.45, 2.75) is 30.8 Å². The van der Waals surface area contributed by atoms with E-state index in [9.17, 15) is 8.42 Å². The Morgan fingerprint density at radius 3 is 2.88 bits per heavy atom. The van der Waals surface area contributed by atoms with Crippen LogP contribution >= 0.6 is 23.1 Å². The summed E-state index contributed by atoms with van der Waals surface area (Å²) >= 11 is 3.24. The Hall–Kier alpha value is -0.0800. The number of thiophene rings is 1. The van der Waals surface area contributed by atoms with Crippen molar-refractivity contribution in [2.75, 3.05) is 11.5 Å². The molecule has 1 saturated heterocycles. The number of nitrogens with two attached hydrogens (primary N) is 1. The highest BCUT2D eigenvalue weighted by Gasteiger charge is 2.25. The van der Waals surface area contributed by atoms with Crippen molar-refractivity contribution in [3.8, 4) is 0 Å². The number of hydrogen-bond acceptors (Lipinski definition) is 5. The fourth-order valence-corrected chi connectivity index (χ4v) is 5.84. The molecule has 0 radical (unpaired) electrons. The topological polar surface area (TPSA) is 72.2 Å². The third-order valence-corrected chi connectivity index (χ3v) is 6.68. The van der Waals surface area contributed by atoms with E-state index in [2.05, 4.69) is 4.72 Å². The van der Waals surface area contributed by atoms with E-state index in [1.807, 2.05) is 6.92 Å². The predicted molar refractivity (Wildman–Crippen MR) is 73.0 cm³/mol. The average Bonchev–Trinajstić information content (AvgIpc) is 2.86. The Labute approximate surface area is 110 Å². The van der Waals surface area contributed by atoms with E-state index in [0.29, 0.717) is 11.4 Å². The minimum atomic E-state index is -3.37. The fourth-order valence-electron chi connectivity index (χ4n) is 1.80. The van der Waals surface area contributed by atoms with E-state index in [0.717, 1.165) is 27.7 Å². The lowest BCUT2D eigenvalue weighted by atomic mass is 10.3. The van der Waals surface area contributed by atoms with Crippen molar-refractivity contribution in [2.24, 2.45) is 5.73 Å². The number of aryl methyl sites for hydroxylation is 1. The van der Waals surface area contributed by atoms with Gasteiger partial charge in [0, 0.05) is 28.1 Å². The van der Waals surface area contributed by atoms with Gasteiger partial charge in [0.1, 0.15) is 0 Å². The van der Waals surface area contributed by atoms with Crippen LogP contribution in [-0.2, 0) is 16.6 Å². The summed E-state index contributed by atoms with van der Waals surface area (Å²) in [4.78, 5) is 2.10. The second kappa shape index (κ2) is 5.27. The largest absolute Gasteiger partial charge is 0.326 e. The summed E-state index contributed by atoms with van der Waals surface area (Å²) in [6, 6.07) is 1.76. The monoisotopic (exact) mass is 292 g/mol. The molecule has 3 N–H and O–H groups in total. The maximum atomic E-state index is 12.2. The normalized spacial score (nSPS) is 20.9. The number of nitrogens with one attached hydrogen (secondary N) is 1. The molecule has 1 aromatic heterocycles. The lowest BCUT2D eigenvalue weighted by Crippen LogP contribution is -2.34. The molecule has 96 valence electrons. The summed E-state index contributed by atoms with van der Waals surface area (Å²) in [5, 5.41) is 0. The van der Waals surface area contributed by atoms with Crippen molar-refractivity contribution in [1.29, 1.82) is 0 Å². The van der Waals surface area contributed by atoms with Crippen LogP contribution in [0.25, 0.3) is 0 Å². The first kappa shape index (κ1) is 13.4. The van der Waals surface area contributed by atoms with Crippen LogP contribution in [0.2, 0.25) is 0 Å². The third-order valence-electron chi connectivity index (χ3n) is 2.67. The first-order valence-corrected chi connectivity index (χ1v) is 8.88. The zero-order chi connectivity index (χ0) is 12.5. The van der Waals surface area contributed by atoms with Gasteiger partial charge in [0.25, 0.3) is 0 Å². The van der Waals surface area contributed by atoms with Crippen LogP contribution in [0, 0.1) is 6.92 Å². The number of rotatable bonds is 4. The van der Waals surface area contributed by atoms with E-state index in [1.54, 1.807) is 17.8 Å². The molecule has 0 spiro atoms. The predicted octanol–water partition coefficient (Wildman–Crippen LogP) is 1.30. The van der Waals surface area contributed by atoms with Crippen LogP contribution in [0.4, 0.5) is 0 Å². The molecular formula is C10H16N2O2S3. The molecule has 0 aromatic carbocycles. The first-order valence-electron chi connectivity index (χ1n) is 5.42. The summed E-state index contributed by atoms with van der Waals surface area (Å²) in [6.07, 6.45) is 0.914. The molecule has 1 aromatic rings. The van der Waals surface area contributed by atoms with Crippen molar-refractivity contribution in [1.82, 2.24) is 4.72 Å². The summed E-state index contributed by atoms with van der Waals surface area (Å²) < 4.78 is 27.1. The molecule has 1 unspecified atom stereocenters. The van der Waals surface area contributed by atoms with Gasteiger partial charge in [0.05, 0.1) is 4.90 Å². The fraction of sp³-hybridized carbons (Fsp3) is 0.600. The Kier molecular flexibility index (Phi) is 4.14. The smallest absolute Gasteiger partial charge is 0.241 e. The Morgan fingerprint density at radius 1 is 1.59 bits per heavy atom. The standard InChI is InChI=1S/C10H16N2O2S3/c1-7-10(4-9(5-11)16-7)17(13,14)12-8-2-3-15-6-8/h4,8,12H,2-3,5-6,11H2,1H3. The van der Waals surface area contributed by atoms with Gasteiger partial charge in [-0.25, -0.2) is 13.1 Å². The van der Waals surface area contributed by atoms with E-state index in [1.165, 1.54) is 11.3 Å². The van der Waals surface area contributed by atoms with E-state index >= 15 is 0 Å². The lowest BCUT2D eigenvalue weighted by Gasteiger charge is -2.11. The third kappa shape index (κ3) is 3.03. The quantitative estimate of drug-likeness (QED) is 0.877. The van der Waals surface area contributed by atoms with Gasteiger partial charge in [-0.05, 0) is 25.2 Å². The van der Waals surface area contributed by atoms with Crippen molar-refractivity contribution >= 4 is 33.1 Å². The maximum Gasteiger partial charge on any atom is 0.241 e. The SMILES string of the molecule is Cc1sc(CN)cc1S(=O)(=O)NC1CCSC1. The van der Waals surface area contributed by atoms with Crippen molar-refractivity contribution < 1.29 is 8.42 Å². The molecule has 2 heterocycles. The second-order valence-electron chi connectivity index (χ2n) is 4.02. The van der Waals surface area contributed by atoms with Crippen LogP contribution in [0.5, 0.6) is 0 Å². The highest BCUT2D eigenvalue weighted by molar-refractivity contribution is 7.99. The van der Waals surface area contributed by atoms with Crippen LogP contribution < -0.4 is 10.5 Å². The van der Waals surface area contributed by atoms with Gasteiger partial charge in [-0.2, -0.15) is 11.8 Å². The zero-order valence-electron chi connectivity index (χ0n) is 9.60. The summed E-state index contributed by atoms with van der Waals surface area (Å²) in [5.74, 6) is 1.90. The van der Waals surface area contributed by atoms with E-state index < -0.39 is 10.0 Å². The van der Waals surface area contributed by atoms with Crippen molar-refractivity contribution in [3.63, 3.8) is 0 Å². The zero-order valence-corrected chi connectivity index (χ0v) is 12.1. The van der Waals surface area contributed by atoms with E-state index in [-0.39, 0.29) is 6.04 Å². The summed E-state index contributed by atoms with van der Waals surface area (Å²) in [7, 11) is -3.37. The molecule has 0 bridgehead atoms. The molecule has 7 heteroatoms. The van der Waals surface area contributed by atoms with Gasteiger partial charge < -0.3 is 5.73 Å².